The van der Waals surface area contributed by atoms with E-state index < -0.39 is 0 Å². The van der Waals surface area contributed by atoms with Gasteiger partial charge in [0.05, 0.1) is 3.79 Å². The number of nitrogens with zero attached hydrogens (tertiary/aromatic N) is 1. The zero-order valence-electron chi connectivity index (χ0n) is 10.3. The molecule has 0 fully saturated rings. The summed E-state index contributed by atoms with van der Waals surface area (Å²) in [5.74, 6) is 0.203. The van der Waals surface area contributed by atoms with E-state index >= 15 is 0 Å². The number of carbonyl (C=O) groups excluding carboxylic acids is 1. The summed E-state index contributed by atoms with van der Waals surface area (Å²) in [4.78, 5) is 14.3. The molecule has 0 radical (unpaired) electrons. The lowest BCUT2D eigenvalue weighted by molar-refractivity contribution is -0.128. The number of amides is 1. The maximum atomic E-state index is 11.3. The van der Waals surface area contributed by atoms with E-state index in [1.165, 1.54) is 8.66 Å². The highest BCUT2D eigenvalue weighted by atomic mass is 79.9. The van der Waals surface area contributed by atoms with Gasteiger partial charge in [-0.2, -0.15) is 0 Å². The molecule has 1 amide bonds. The fourth-order valence-electron chi connectivity index (χ4n) is 1.41. The Kier molecular flexibility index (Phi) is 6.77. The van der Waals surface area contributed by atoms with Gasteiger partial charge in [0.1, 0.15) is 0 Å². The zero-order valence-corrected chi connectivity index (χ0v) is 12.7. The molecule has 5 heteroatoms. The molecule has 0 bridgehead atoms. The van der Waals surface area contributed by atoms with Crippen molar-refractivity contribution < 1.29 is 4.79 Å². The standard InChI is InChI=1S/C12H19BrN2OS/c1-15(2)12(16)4-3-8-14-9-7-10-5-6-11(13)17-10/h5-6,14H,3-4,7-9H2,1-2H3. The lowest BCUT2D eigenvalue weighted by Gasteiger charge is -2.09. The van der Waals surface area contributed by atoms with Gasteiger partial charge >= 0.3 is 0 Å². The second-order valence-electron chi connectivity index (χ2n) is 4.10. The van der Waals surface area contributed by atoms with Crippen LogP contribution in [0.4, 0.5) is 0 Å². The van der Waals surface area contributed by atoms with Gasteiger partial charge in [0.15, 0.2) is 0 Å². The minimum atomic E-state index is 0.203. The van der Waals surface area contributed by atoms with Crippen LogP contribution in [0.15, 0.2) is 15.9 Å². The van der Waals surface area contributed by atoms with Gasteiger partial charge < -0.3 is 10.2 Å². The molecule has 0 unspecified atom stereocenters. The van der Waals surface area contributed by atoms with Gasteiger partial charge in [-0.05, 0) is 54.0 Å². The summed E-state index contributed by atoms with van der Waals surface area (Å²) in [6, 6.07) is 4.22. The van der Waals surface area contributed by atoms with E-state index in [-0.39, 0.29) is 5.91 Å². The van der Waals surface area contributed by atoms with Crippen molar-refractivity contribution in [1.82, 2.24) is 10.2 Å². The molecule has 0 aliphatic carbocycles. The number of hydrogen-bond donors (Lipinski definition) is 1. The first-order valence-corrected chi connectivity index (χ1v) is 7.35. The van der Waals surface area contributed by atoms with E-state index in [1.54, 1.807) is 30.3 Å². The molecule has 0 aliphatic heterocycles. The van der Waals surface area contributed by atoms with Crippen LogP contribution in [-0.2, 0) is 11.2 Å². The van der Waals surface area contributed by atoms with Crippen molar-refractivity contribution in [3.63, 3.8) is 0 Å². The molecule has 1 aromatic heterocycles. The Morgan fingerprint density at radius 1 is 1.41 bits per heavy atom. The summed E-state index contributed by atoms with van der Waals surface area (Å²) in [6.07, 6.45) is 2.59. The van der Waals surface area contributed by atoms with Crippen LogP contribution in [0.2, 0.25) is 0 Å². The molecule has 0 spiro atoms. The maximum absolute atomic E-state index is 11.3. The molecular formula is C12H19BrN2OS. The third-order valence-electron chi connectivity index (χ3n) is 2.42. The second-order valence-corrected chi connectivity index (χ2v) is 6.65. The third-order valence-corrected chi connectivity index (χ3v) is 4.10. The van der Waals surface area contributed by atoms with Crippen molar-refractivity contribution in [1.29, 1.82) is 0 Å². The van der Waals surface area contributed by atoms with Crippen molar-refractivity contribution in [2.24, 2.45) is 0 Å². The van der Waals surface area contributed by atoms with Gasteiger partial charge in [0.25, 0.3) is 0 Å². The topological polar surface area (TPSA) is 32.3 Å². The Balaban J connectivity index is 2.00. The molecule has 1 aromatic rings. The van der Waals surface area contributed by atoms with Gasteiger partial charge in [-0.25, -0.2) is 0 Å². The Morgan fingerprint density at radius 2 is 2.18 bits per heavy atom. The summed E-state index contributed by atoms with van der Waals surface area (Å²) in [5.41, 5.74) is 0. The number of carbonyl (C=O) groups is 1. The van der Waals surface area contributed by atoms with E-state index in [4.69, 9.17) is 0 Å². The van der Waals surface area contributed by atoms with Crippen LogP contribution in [0, 0.1) is 0 Å². The Labute approximate surface area is 115 Å². The normalized spacial score (nSPS) is 10.5. The highest BCUT2D eigenvalue weighted by Gasteiger charge is 2.02. The molecule has 96 valence electrons. The van der Waals surface area contributed by atoms with Crippen LogP contribution in [-0.4, -0.2) is 38.0 Å². The van der Waals surface area contributed by atoms with Crippen LogP contribution < -0.4 is 5.32 Å². The van der Waals surface area contributed by atoms with Crippen LogP contribution in [0.5, 0.6) is 0 Å². The SMILES string of the molecule is CN(C)C(=O)CCCNCCc1ccc(Br)s1. The molecule has 0 aliphatic rings. The Bertz CT molecular complexity index is 352. The molecule has 0 aromatic carbocycles. The lowest BCUT2D eigenvalue weighted by Crippen LogP contribution is -2.24. The van der Waals surface area contributed by atoms with E-state index in [0.717, 1.165) is 25.9 Å². The van der Waals surface area contributed by atoms with Crippen LogP contribution >= 0.6 is 27.3 Å². The molecule has 0 saturated heterocycles. The number of nitrogens with one attached hydrogen (secondary N) is 1. The molecule has 1 N–H and O–H groups in total. The van der Waals surface area contributed by atoms with Crippen molar-refractivity contribution in [2.45, 2.75) is 19.3 Å². The summed E-state index contributed by atoms with van der Waals surface area (Å²) < 4.78 is 1.18. The fourth-order valence-corrected chi connectivity index (χ4v) is 2.89. The van der Waals surface area contributed by atoms with Gasteiger partial charge in [0, 0.05) is 25.4 Å². The van der Waals surface area contributed by atoms with Gasteiger partial charge in [0.2, 0.25) is 5.91 Å². The fraction of sp³-hybridized carbons (Fsp3) is 0.583. The quantitative estimate of drug-likeness (QED) is 0.783. The van der Waals surface area contributed by atoms with E-state index in [1.807, 2.05) is 0 Å². The predicted molar refractivity (Wildman–Crippen MR) is 76.5 cm³/mol. The predicted octanol–water partition coefficient (Wildman–Crippen LogP) is 2.51. The van der Waals surface area contributed by atoms with Crippen LogP contribution in [0.1, 0.15) is 17.7 Å². The molecule has 1 heterocycles. The van der Waals surface area contributed by atoms with Gasteiger partial charge in [-0.1, -0.05) is 0 Å². The minimum absolute atomic E-state index is 0.203. The van der Waals surface area contributed by atoms with Crippen molar-refractivity contribution in [2.75, 3.05) is 27.2 Å². The maximum Gasteiger partial charge on any atom is 0.222 e. The molecule has 1 rings (SSSR count). The number of thiophene rings is 1. The molecule has 17 heavy (non-hydrogen) atoms. The average Bonchev–Trinajstić information content (AvgIpc) is 2.68. The lowest BCUT2D eigenvalue weighted by atomic mass is 10.3. The van der Waals surface area contributed by atoms with Crippen LogP contribution in [0.3, 0.4) is 0 Å². The number of rotatable bonds is 7. The summed E-state index contributed by atoms with van der Waals surface area (Å²) >= 11 is 5.23. The zero-order chi connectivity index (χ0) is 12.7. The van der Waals surface area contributed by atoms with Gasteiger partial charge in [-0.3, -0.25) is 4.79 Å². The monoisotopic (exact) mass is 318 g/mol. The second kappa shape index (κ2) is 7.84. The van der Waals surface area contributed by atoms with Crippen molar-refractivity contribution in [3.05, 3.63) is 20.8 Å². The van der Waals surface area contributed by atoms with Crippen molar-refractivity contribution >= 4 is 33.2 Å². The summed E-state index contributed by atoms with van der Waals surface area (Å²) in [5, 5.41) is 3.36. The number of halogens is 1. The van der Waals surface area contributed by atoms with E-state index in [0.29, 0.717) is 6.42 Å². The highest BCUT2D eigenvalue weighted by molar-refractivity contribution is 9.11. The molecular weight excluding hydrogens is 300 g/mol. The number of hydrogen-bond acceptors (Lipinski definition) is 3. The smallest absolute Gasteiger partial charge is 0.222 e. The van der Waals surface area contributed by atoms with Crippen molar-refractivity contribution in [3.8, 4) is 0 Å². The first-order chi connectivity index (χ1) is 8.09. The highest BCUT2D eigenvalue weighted by Crippen LogP contribution is 2.21. The minimum Gasteiger partial charge on any atom is -0.349 e. The van der Waals surface area contributed by atoms with Gasteiger partial charge in [-0.15, -0.1) is 11.3 Å². The van der Waals surface area contributed by atoms with E-state index in [9.17, 15) is 4.79 Å². The first-order valence-electron chi connectivity index (χ1n) is 5.74. The largest absolute Gasteiger partial charge is 0.349 e. The third kappa shape index (κ3) is 6.19. The summed E-state index contributed by atoms with van der Waals surface area (Å²) in [6.45, 7) is 1.88. The molecule has 0 atom stereocenters. The Hall–Kier alpha value is -0.390. The molecule has 3 nitrogen and oxygen atoms in total. The Morgan fingerprint density at radius 3 is 2.76 bits per heavy atom. The van der Waals surface area contributed by atoms with E-state index in [2.05, 4.69) is 33.4 Å². The summed E-state index contributed by atoms with van der Waals surface area (Å²) in [7, 11) is 3.59. The first kappa shape index (κ1) is 14.7. The van der Waals surface area contributed by atoms with Crippen LogP contribution in [0.25, 0.3) is 0 Å². The molecule has 0 saturated carbocycles. The average molecular weight is 319 g/mol.